The van der Waals surface area contributed by atoms with Crippen LogP contribution in [0.5, 0.6) is 0 Å². The molecule has 1 aromatic rings. The first-order valence-corrected chi connectivity index (χ1v) is 4.61. The molecule has 14 heavy (non-hydrogen) atoms. The number of hydrogen-bond acceptors (Lipinski definition) is 2. The van der Waals surface area contributed by atoms with E-state index in [9.17, 15) is 0 Å². The summed E-state index contributed by atoms with van der Waals surface area (Å²) in [4.78, 5) is 4.00. The number of aliphatic imine (C=N–C) groups is 1. The number of hydrogen-bond donors (Lipinski definition) is 3. The number of nitrogens with two attached hydrogens (primary N) is 1. The van der Waals surface area contributed by atoms with Gasteiger partial charge in [-0.05, 0) is 12.1 Å². The Hall–Kier alpha value is -0.970. The summed E-state index contributed by atoms with van der Waals surface area (Å²) in [5.41, 5.74) is 11.2. The summed E-state index contributed by atoms with van der Waals surface area (Å²) >= 11 is 11.8. The van der Waals surface area contributed by atoms with E-state index in [2.05, 4.69) is 15.8 Å². The molecule has 0 bridgehead atoms. The molecule has 0 saturated heterocycles. The highest BCUT2D eigenvalue weighted by Gasteiger charge is 2.03. The van der Waals surface area contributed by atoms with Crippen LogP contribution in [0.15, 0.2) is 23.2 Å². The molecule has 0 amide bonds. The Labute approximate surface area is 92.1 Å². The number of rotatable bonds is 2. The average Bonchev–Trinajstić information content (AvgIpc) is 2.12. The van der Waals surface area contributed by atoms with E-state index in [0.717, 1.165) is 0 Å². The lowest BCUT2D eigenvalue weighted by molar-refractivity contribution is 0.762. The number of halogens is 2. The van der Waals surface area contributed by atoms with Gasteiger partial charge in [-0.3, -0.25) is 5.43 Å². The summed E-state index contributed by atoms with van der Waals surface area (Å²) in [6.07, 6.45) is 0. The van der Waals surface area contributed by atoms with Crippen molar-refractivity contribution in [1.82, 2.24) is 10.9 Å². The van der Waals surface area contributed by atoms with Crippen molar-refractivity contribution in [2.45, 2.75) is 0 Å². The number of nitrogens with zero attached hydrogens (tertiary/aromatic N) is 1. The highest BCUT2D eigenvalue weighted by molar-refractivity contribution is 6.38. The van der Waals surface area contributed by atoms with Crippen molar-refractivity contribution in [3.63, 3.8) is 0 Å². The Morgan fingerprint density at radius 2 is 1.93 bits per heavy atom. The first-order chi connectivity index (χ1) is 6.65. The standard InChI is InChI=1S/C8H10Cl2N4/c1-12-14-8(11)13-7-5(9)3-2-4-6(7)10/h2-4,12H,1H3,(H3,11,13,14). The van der Waals surface area contributed by atoms with E-state index in [4.69, 9.17) is 28.9 Å². The smallest absolute Gasteiger partial charge is 0.208 e. The topological polar surface area (TPSA) is 62.4 Å². The van der Waals surface area contributed by atoms with Crippen LogP contribution in [0.25, 0.3) is 0 Å². The number of benzene rings is 1. The second-order valence-electron chi connectivity index (χ2n) is 2.44. The fourth-order valence-corrected chi connectivity index (χ4v) is 1.35. The van der Waals surface area contributed by atoms with Gasteiger partial charge in [0.15, 0.2) is 0 Å². The maximum Gasteiger partial charge on any atom is 0.208 e. The second-order valence-corrected chi connectivity index (χ2v) is 3.26. The summed E-state index contributed by atoms with van der Waals surface area (Å²) < 4.78 is 0. The molecule has 0 heterocycles. The molecule has 0 aliphatic rings. The van der Waals surface area contributed by atoms with Crippen LogP contribution in [0.3, 0.4) is 0 Å². The Kier molecular flexibility index (Phi) is 4.00. The fourth-order valence-electron chi connectivity index (χ4n) is 0.872. The molecule has 0 spiro atoms. The van der Waals surface area contributed by atoms with Crippen molar-refractivity contribution in [3.05, 3.63) is 28.2 Å². The molecule has 0 unspecified atom stereocenters. The van der Waals surface area contributed by atoms with E-state index < -0.39 is 0 Å². The lowest BCUT2D eigenvalue weighted by Crippen LogP contribution is -2.39. The molecular weight excluding hydrogens is 223 g/mol. The maximum atomic E-state index is 5.88. The molecule has 0 aromatic heterocycles. The predicted molar refractivity (Wildman–Crippen MR) is 59.9 cm³/mol. The Morgan fingerprint density at radius 1 is 1.36 bits per heavy atom. The molecular formula is C8H10Cl2N4. The van der Waals surface area contributed by atoms with Gasteiger partial charge in [-0.25, -0.2) is 10.4 Å². The molecule has 0 aliphatic carbocycles. The van der Waals surface area contributed by atoms with Crippen LogP contribution in [0.1, 0.15) is 0 Å². The van der Waals surface area contributed by atoms with Gasteiger partial charge in [-0.2, -0.15) is 0 Å². The third kappa shape index (κ3) is 2.77. The van der Waals surface area contributed by atoms with Crippen LogP contribution in [0.2, 0.25) is 10.0 Å². The predicted octanol–water partition coefficient (Wildman–Crippen LogP) is 1.66. The van der Waals surface area contributed by atoms with Gasteiger partial charge in [0.2, 0.25) is 5.96 Å². The zero-order chi connectivity index (χ0) is 10.6. The minimum Gasteiger partial charge on any atom is -0.369 e. The van der Waals surface area contributed by atoms with E-state index in [0.29, 0.717) is 15.7 Å². The van der Waals surface area contributed by atoms with Crippen LogP contribution in [-0.4, -0.2) is 13.0 Å². The van der Waals surface area contributed by atoms with Crippen molar-refractivity contribution in [1.29, 1.82) is 0 Å². The van der Waals surface area contributed by atoms with Crippen LogP contribution >= 0.6 is 23.2 Å². The van der Waals surface area contributed by atoms with E-state index in [1.165, 1.54) is 0 Å². The Bertz CT molecular complexity index is 331. The molecule has 76 valence electrons. The van der Waals surface area contributed by atoms with Crippen LogP contribution in [0.4, 0.5) is 5.69 Å². The van der Waals surface area contributed by atoms with Crippen molar-refractivity contribution < 1.29 is 0 Å². The SMILES string of the molecule is CNNC(N)=Nc1c(Cl)cccc1Cl. The highest BCUT2D eigenvalue weighted by atomic mass is 35.5. The van der Waals surface area contributed by atoms with Gasteiger partial charge in [0.1, 0.15) is 5.69 Å². The van der Waals surface area contributed by atoms with E-state index in [1.54, 1.807) is 25.2 Å². The van der Waals surface area contributed by atoms with Crippen molar-refractivity contribution in [2.75, 3.05) is 7.05 Å². The van der Waals surface area contributed by atoms with Gasteiger partial charge in [0.25, 0.3) is 0 Å². The maximum absolute atomic E-state index is 5.88. The van der Waals surface area contributed by atoms with Crippen LogP contribution < -0.4 is 16.6 Å². The highest BCUT2D eigenvalue weighted by Crippen LogP contribution is 2.32. The molecule has 0 aliphatic heterocycles. The van der Waals surface area contributed by atoms with Crippen LogP contribution in [-0.2, 0) is 0 Å². The largest absolute Gasteiger partial charge is 0.369 e. The van der Waals surface area contributed by atoms with Gasteiger partial charge in [-0.1, -0.05) is 29.3 Å². The summed E-state index contributed by atoms with van der Waals surface area (Å²) in [5.74, 6) is 0.197. The molecule has 4 nitrogen and oxygen atoms in total. The van der Waals surface area contributed by atoms with E-state index >= 15 is 0 Å². The minimum absolute atomic E-state index is 0.197. The van der Waals surface area contributed by atoms with Crippen LogP contribution in [0, 0.1) is 0 Å². The third-order valence-corrected chi connectivity index (χ3v) is 2.03. The Balaban J connectivity index is 3.01. The first-order valence-electron chi connectivity index (χ1n) is 3.86. The third-order valence-electron chi connectivity index (χ3n) is 1.42. The molecule has 0 radical (unpaired) electrons. The second kappa shape index (κ2) is 5.05. The Morgan fingerprint density at radius 3 is 2.43 bits per heavy atom. The summed E-state index contributed by atoms with van der Waals surface area (Å²) in [6.45, 7) is 0. The number of guanidine groups is 1. The molecule has 4 N–H and O–H groups in total. The lowest BCUT2D eigenvalue weighted by atomic mass is 10.3. The van der Waals surface area contributed by atoms with Gasteiger partial charge >= 0.3 is 0 Å². The molecule has 0 saturated carbocycles. The van der Waals surface area contributed by atoms with Crippen molar-refractivity contribution >= 4 is 34.8 Å². The summed E-state index contributed by atoms with van der Waals surface area (Å²) in [7, 11) is 1.68. The number of para-hydroxylation sites is 1. The van der Waals surface area contributed by atoms with Gasteiger partial charge in [0.05, 0.1) is 10.0 Å². The summed E-state index contributed by atoms with van der Waals surface area (Å²) in [6, 6.07) is 5.13. The normalized spacial score (nSPS) is 11.5. The van der Waals surface area contributed by atoms with Gasteiger partial charge in [0, 0.05) is 7.05 Å². The van der Waals surface area contributed by atoms with Gasteiger partial charge in [-0.15, -0.1) is 0 Å². The zero-order valence-electron chi connectivity index (χ0n) is 7.51. The fraction of sp³-hybridized carbons (Fsp3) is 0.125. The molecule has 0 atom stereocenters. The minimum atomic E-state index is 0.197. The zero-order valence-corrected chi connectivity index (χ0v) is 9.02. The lowest BCUT2D eigenvalue weighted by Gasteiger charge is -2.04. The molecule has 0 fully saturated rings. The number of hydrazine groups is 1. The average molecular weight is 233 g/mol. The van der Waals surface area contributed by atoms with E-state index in [-0.39, 0.29) is 5.96 Å². The molecule has 1 aromatic carbocycles. The first kappa shape index (κ1) is 11.1. The monoisotopic (exact) mass is 232 g/mol. The quantitative estimate of drug-likeness (QED) is 0.413. The van der Waals surface area contributed by atoms with E-state index in [1.807, 2.05) is 0 Å². The molecule has 1 rings (SSSR count). The number of nitrogens with one attached hydrogen (secondary N) is 2. The van der Waals surface area contributed by atoms with Crippen molar-refractivity contribution in [2.24, 2.45) is 10.7 Å². The van der Waals surface area contributed by atoms with Crippen molar-refractivity contribution in [3.8, 4) is 0 Å². The summed E-state index contributed by atoms with van der Waals surface area (Å²) in [5, 5.41) is 0.914. The van der Waals surface area contributed by atoms with Gasteiger partial charge < -0.3 is 5.73 Å². The molecule has 6 heteroatoms.